The molecule has 0 radical (unpaired) electrons. The van der Waals surface area contributed by atoms with Crippen molar-refractivity contribution in [3.63, 3.8) is 0 Å². The second-order valence-electron chi connectivity index (χ2n) is 6.73. The first-order valence-electron chi connectivity index (χ1n) is 9.70. The number of halogens is 2. The number of nitrogens with zero attached hydrogens (tertiary/aromatic N) is 1. The van der Waals surface area contributed by atoms with Crippen molar-refractivity contribution < 1.29 is 23.8 Å². The Morgan fingerprint density at radius 2 is 1.84 bits per heavy atom. The third kappa shape index (κ3) is 5.86. The molecule has 3 aromatic carbocycles. The maximum absolute atomic E-state index is 13.4. The van der Waals surface area contributed by atoms with Crippen molar-refractivity contribution in [2.75, 3.05) is 6.61 Å². The van der Waals surface area contributed by atoms with Gasteiger partial charge < -0.3 is 14.6 Å². The van der Waals surface area contributed by atoms with E-state index in [9.17, 15) is 14.4 Å². The van der Waals surface area contributed by atoms with Gasteiger partial charge in [0.25, 0.3) is 0 Å². The zero-order chi connectivity index (χ0) is 23.1. The molecule has 162 valence electrons. The summed E-state index contributed by atoms with van der Waals surface area (Å²) in [6.45, 7) is 2.46. The number of allylic oxidation sites excluding steroid dienone is 1. The summed E-state index contributed by atoms with van der Waals surface area (Å²) in [7, 11) is 0. The van der Waals surface area contributed by atoms with E-state index in [0.29, 0.717) is 34.8 Å². The minimum Gasteiger partial charge on any atom is -0.490 e. The number of rotatable bonds is 8. The van der Waals surface area contributed by atoms with E-state index >= 15 is 0 Å². The first kappa shape index (κ1) is 23.3. The molecule has 0 saturated carbocycles. The fourth-order valence-corrected chi connectivity index (χ4v) is 3.78. The van der Waals surface area contributed by atoms with Crippen molar-refractivity contribution in [2.45, 2.75) is 13.5 Å². The van der Waals surface area contributed by atoms with Crippen LogP contribution in [0.3, 0.4) is 0 Å². The Balaban J connectivity index is 1.91. The van der Waals surface area contributed by atoms with Crippen LogP contribution < -0.4 is 9.47 Å². The van der Waals surface area contributed by atoms with Crippen LogP contribution in [0.25, 0.3) is 11.6 Å². The summed E-state index contributed by atoms with van der Waals surface area (Å²) in [6.07, 6.45) is 1.71. The van der Waals surface area contributed by atoms with Gasteiger partial charge in [-0.2, -0.15) is 5.26 Å². The first-order chi connectivity index (χ1) is 15.4. The van der Waals surface area contributed by atoms with Crippen LogP contribution in [0.5, 0.6) is 11.5 Å². The van der Waals surface area contributed by atoms with Crippen LogP contribution in [0, 0.1) is 20.7 Å². The van der Waals surface area contributed by atoms with Gasteiger partial charge in [-0.3, -0.25) is 0 Å². The van der Waals surface area contributed by atoms with Gasteiger partial charge in [0, 0.05) is 0 Å². The molecular formula is C25H19FINO4. The largest absolute Gasteiger partial charge is 0.490 e. The normalized spacial score (nSPS) is 11.0. The molecule has 0 unspecified atom stereocenters. The highest BCUT2D eigenvalue weighted by atomic mass is 127. The molecule has 0 saturated heterocycles. The van der Waals surface area contributed by atoms with Crippen molar-refractivity contribution >= 4 is 40.2 Å². The zero-order valence-corrected chi connectivity index (χ0v) is 19.3. The van der Waals surface area contributed by atoms with Crippen LogP contribution in [0.1, 0.15) is 34.0 Å². The summed E-state index contributed by atoms with van der Waals surface area (Å²) in [5.41, 5.74) is 2.57. The molecule has 1 N–H and O–H groups in total. The lowest BCUT2D eigenvalue weighted by molar-refractivity contribution is 0.0697. The minimum absolute atomic E-state index is 0.152. The lowest BCUT2D eigenvalue weighted by Gasteiger charge is -2.15. The minimum atomic E-state index is -1.02. The molecule has 0 bridgehead atoms. The average Bonchev–Trinajstić information content (AvgIpc) is 2.77. The molecule has 0 spiro atoms. The third-order valence-electron chi connectivity index (χ3n) is 4.48. The lowest BCUT2D eigenvalue weighted by atomic mass is 10.0. The maximum atomic E-state index is 13.4. The van der Waals surface area contributed by atoms with Crippen molar-refractivity contribution in [1.82, 2.24) is 0 Å². The smallest absolute Gasteiger partial charge is 0.335 e. The van der Waals surface area contributed by atoms with Gasteiger partial charge >= 0.3 is 5.97 Å². The first-order valence-corrected chi connectivity index (χ1v) is 10.8. The van der Waals surface area contributed by atoms with Gasteiger partial charge in [0.15, 0.2) is 11.5 Å². The Hall–Kier alpha value is -3.38. The third-order valence-corrected chi connectivity index (χ3v) is 5.28. The number of benzene rings is 3. The maximum Gasteiger partial charge on any atom is 0.335 e. The van der Waals surface area contributed by atoms with Gasteiger partial charge in [-0.1, -0.05) is 24.3 Å². The van der Waals surface area contributed by atoms with Crippen molar-refractivity contribution in [1.29, 1.82) is 5.26 Å². The van der Waals surface area contributed by atoms with Crippen LogP contribution in [0.15, 0.2) is 60.7 Å². The van der Waals surface area contributed by atoms with Crippen LogP contribution >= 0.6 is 22.6 Å². The summed E-state index contributed by atoms with van der Waals surface area (Å²) in [4.78, 5) is 11.0. The molecular weight excluding hydrogens is 524 g/mol. The molecule has 0 aliphatic rings. The van der Waals surface area contributed by atoms with E-state index in [2.05, 4.69) is 28.7 Å². The predicted molar refractivity (Wildman–Crippen MR) is 128 cm³/mol. The molecule has 0 heterocycles. The topological polar surface area (TPSA) is 79.5 Å². The average molecular weight is 543 g/mol. The second-order valence-corrected chi connectivity index (χ2v) is 7.90. The Bertz CT molecular complexity index is 1200. The summed E-state index contributed by atoms with van der Waals surface area (Å²) in [5.74, 6) is -0.297. The number of carboxylic acids is 1. The van der Waals surface area contributed by atoms with E-state index in [1.54, 1.807) is 36.4 Å². The highest BCUT2D eigenvalue weighted by molar-refractivity contribution is 14.1. The summed E-state index contributed by atoms with van der Waals surface area (Å²) in [5, 5.41) is 18.7. The highest BCUT2D eigenvalue weighted by Crippen LogP contribution is 2.36. The van der Waals surface area contributed by atoms with Gasteiger partial charge in [-0.25, -0.2) is 9.18 Å². The number of hydrogen-bond donors (Lipinski definition) is 1. The van der Waals surface area contributed by atoms with Gasteiger partial charge in [-0.05, 0) is 88.7 Å². The van der Waals surface area contributed by atoms with Gasteiger partial charge in [0.1, 0.15) is 12.4 Å². The summed E-state index contributed by atoms with van der Waals surface area (Å²) >= 11 is 2.13. The molecule has 0 atom stereocenters. The Morgan fingerprint density at radius 1 is 1.12 bits per heavy atom. The van der Waals surface area contributed by atoms with Crippen LogP contribution in [-0.2, 0) is 6.61 Å². The predicted octanol–water partition coefficient (Wildman–Crippen LogP) is 6.17. The van der Waals surface area contributed by atoms with Crippen LogP contribution in [-0.4, -0.2) is 17.7 Å². The molecule has 3 rings (SSSR count). The van der Waals surface area contributed by atoms with Gasteiger partial charge in [0.2, 0.25) is 0 Å². The standard InChI is InChI=1S/C25H19FINO4/c1-2-31-23-13-17(10-20(14-28)18-6-8-19(9-7-18)25(29)30)12-22(27)24(23)32-15-16-4-3-5-21(26)11-16/h3-13H,2,15H2,1H3,(H,29,30)/b20-10-. The van der Waals surface area contributed by atoms with Crippen molar-refractivity contribution in [2.24, 2.45) is 0 Å². The molecule has 3 aromatic rings. The molecule has 32 heavy (non-hydrogen) atoms. The Morgan fingerprint density at radius 3 is 2.47 bits per heavy atom. The highest BCUT2D eigenvalue weighted by Gasteiger charge is 2.13. The SMILES string of the molecule is CCOc1cc(/C=C(/C#N)c2ccc(C(=O)O)cc2)cc(I)c1OCc1cccc(F)c1. The molecule has 0 fully saturated rings. The molecule has 0 aromatic heterocycles. The number of carbonyl (C=O) groups is 1. The number of aromatic carboxylic acids is 1. The Kier molecular flexibility index (Phi) is 7.84. The monoisotopic (exact) mass is 543 g/mol. The summed E-state index contributed by atoms with van der Waals surface area (Å²) < 4.78 is 25.9. The van der Waals surface area contributed by atoms with E-state index in [1.165, 1.54) is 24.3 Å². The quantitative estimate of drug-likeness (QED) is 0.209. The van der Waals surface area contributed by atoms with E-state index in [0.717, 1.165) is 9.13 Å². The lowest BCUT2D eigenvalue weighted by Crippen LogP contribution is -2.02. The van der Waals surface area contributed by atoms with E-state index in [4.69, 9.17) is 14.6 Å². The summed E-state index contributed by atoms with van der Waals surface area (Å²) in [6, 6.07) is 18.1. The number of hydrogen-bond acceptors (Lipinski definition) is 4. The molecule has 0 amide bonds. The van der Waals surface area contributed by atoms with Crippen LogP contribution in [0.4, 0.5) is 4.39 Å². The number of nitriles is 1. The molecule has 0 aliphatic carbocycles. The Labute approximate surface area is 198 Å². The number of carboxylic acid groups (broad SMARTS) is 1. The fraction of sp³-hybridized carbons (Fsp3) is 0.120. The van der Waals surface area contributed by atoms with Gasteiger partial charge in [-0.15, -0.1) is 0 Å². The van der Waals surface area contributed by atoms with E-state index in [1.807, 2.05) is 13.0 Å². The second kappa shape index (κ2) is 10.8. The van der Waals surface area contributed by atoms with Gasteiger partial charge in [0.05, 0.1) is 27.4 Å². The fourth-order valence-electron chi connectivity index (χ4n) is 3.00. The molecule has 7 heteroatoms. The molecule has 0 aliphatic heterocycles. The van der Waals surface area contributed by atoms with Crippen molar-refractivity contribution in [3.8, 4) is 17.6 Å². The van der Waals surface area contributed by atoms with Crippen LogP contribution in [0.2, 0.25) is 0 Å². The van der Waals surface area contributed by atoms with E-state index < -0.39 is 5.97 Å². The van der Waals surface area contributed by atoms with Crippen molar-refractivity contribution in [3.05, 3.63) is 92.3 Å². The van der Waals surface area contributed by atoms with E-state index in [-0.39, 0.29) is 18.0 Å². The zero-order valence-electron chi connectivity index (χ0n) is 17.1. The number of ether oxygens (including phenoxy) is 2. The molecule has 5 nitrogen and oxygen atoms in total.